The van der Waals surface area contributed by atoms with E-state index in [0.717, 1.165) is 12.8 Å². The summed E-state index contributed by atoms with van der Waals surface area (Å²) in [5.41, 5.74) is 0. The zero-order valence-corrected chi connectivity index (χ0v) is 7.56. The van der Waals surface area contributed by atoms with Crippen LogP contribution in [0, 0.1) is 0 Å². The Labute approximate surface area is 65.7 Å². The maximum Gasteiger partial charge on any atom is -0.0356 e. The summed E-state index contributed by atoms with van der Waals surface area (Å²) in [7, 11) is 0. The molecule has 0 unspecified atom stereocenters. The highest BCUT2D eigenvalue weighted by atomic mass is 13.7. The van der Waals surface area contributed by atoms with Gasteiger partial charge in [0.05, 0.1) is 0 Å². The molecule has 0 aliphatic heterocycles. The van der Waals surface area contributed by atoms with Gasteiger partial charge in [-0.25, -0.2) is 0 Å². The van der Waals surface area contributed by atoms with Crippen LogP contribution in [0.15, 0.2) is 24.8 Å². The monoisotopic (exact) mass is 140 g/mol. The second-order valence-electron chi connectivity index (χ2n) is 2.05. The molecule has 0 aliphatic rings. The molecule has 10 heavy (non-hydrogen) atoms. The van der Waals surface area contributed by atoms with Gasteiger partial charge in [-0.3, -0.25) is 0 Å². The summed E-state index contributed by atoms with van der Waals surface area (Å²) in [6.45, 7) is 9.85. The Morgan fingerprint density at radius 1 is 1.30 bits per heavy atom. The molecule has 60 valence electrons. The molecule has 0 aliphatic carbocycles. The minimum atomic E-state index is 1.15. The molecular weight excluding hydrogens is 120 g/mol. The number of hydrogen-bond donors (Lipinski definition) is 0. The van der Waals surface area contributed by atoms with E-state index < -0.39 is 0 Å². The topological polar surface area (TPSA) is 0 Å². The highest BCUT2D eigenvalue weighted by Gasteiger charge is 1.61. The molecule has 0 heteroatoms. The Kier molecular flexibility index (Phi) is 19.3. The number of hydrogen-bond acceptors (Lipinski definition) is 0. The van der Waals surface area contributed by atoms with Crippen molar-refractivity contribution in [2.75, 3.05) is 0 Å². The molecule has 0 atom stereocenters. The van der Waals surface area contributed by atoms with E-state index >= 15 is 0 Å². The van der Waals surface area contributed by atoms with Gasteiger partial charge in [0, 0.05) is 0 Å². The second-order valence-corrected chi connectivity index (χ2v) is 2.05. The molecule has 0 aromatic carbocycles. The van der Waals surface area contributed by atoms with Gasteiger partial charge in [0.2, 0.25) is 0 Å². The van der Waals surface area contributed by atoms with E-state index in [2.05, 4.69) is 32.6 Å². The third-order valence-electron chi connectivity index (χ3n) is 0.964. The van der Waals surface area contributed by atoms with E-state index in [0.29, 0.717) is 0 Å². The summed E-state index contributed by atoms with van der Waals surface area (Å²) in [4.78, 5) is 0. The average Bonchev–Trinajstić information content (AvgIpc) is 1.93. The standard InChI is InChI=1S/2C5H10/c2*1-3-5-4-2/h3,5H,4H2,1-2H3;3H,1,4-5H2,2H3/b5-3+;. The van der Waals surface area contributed by atoms with Crippen molar-refractivity contribution in [1.29, 1.82) is 0 Å². The normalized spacial score (nSPS) is 8.70. The van der Waals surface area contributed by atoms with Gasteiger partial charge in [0.1, 0.15) is 0 Å². The first kappa shape index (κ1) is 12.2. The van der Waals surface area contributed by atoms with E-state index in [1.807, 2.05) is 13.0 Å². The zero-order chi connectivity index (χ0) is 8.24. The smallest absolute Gasteiger partial charge is 0.0356 e. The van der Waals surface area contributed by atoms with Gasteiger partial charge in [0.15, 0.2) is 0 Å². The largest absolute Gasteiger partial charge is 0.103 e. The molecule has 0 aromatic rings. The second kappa shape index (κ2) is 15.8. The summed E-state index contributed by atoms with van der Waals surface area (Å²) in [6, 6.07) is 0. The van der Waals surface area contributed by atoms with Crippen molar-refractivity contribution in [3.63, 3.8) is 0 Å². The van der Waals surface area contributed by atoms with Crippen molar-refractivity contribution < 1.29 is 0 Å². The molecule has 0 fully saturated rings. The molecule has 0 N–H and O–H groups in total. The molecule has 0 saturated carbocycles. The maximum absolute atomic E-state index is 3.55. The molecule has 0 aromatic heterocycles. The van der Waals surface area contributed by atoms with Crippen LogP contribution in [0.1, 0.15) is 40.0 Å². The summed E-state index contributed by atoms with van der Waals surface area (Å²) in [5, 5.41) is 0. The Morgan fingerprint density at radius 2 is 1.90 bits per heavy atom. The summed E-state index contributed by atoms with van der Waals surface area (Å²) >= 11 is 0. The lowest BCUT2D eigenvalue weighted by atomic mass is 10.3. The minimum absolute atomic E-state index is 1.15. The minimum Gasteiger partial charge on any atom is -0.103 e. The van der Waals surface area contributed by atoms with Crippen LogP contribution < -0.4 is 0 Å². The lowest BCUT2D eigenvalue weighted by Crippen LogP contribution is -1.52. The van der Waals surface area contributed by atoms with E-state index in [4.69, 9.17) is 0 Å². The van der Waals surface area contributed by atoms with Crippen LogP contribution in [0.25, 0.3) is 0 Å². The quantitative estimate of drug-likeness (QED) is 0.521. The third kappa shape index (κ3) is 25.9. The predicted octanol–water partition coefficient (Wildman–Crippen LogP) is 3.95. The summed E-state index contributed by atoms with van der Waals surface area (Å²) in [6.07, 6.45) is 9.65. The van der Waals surface area contributed by atoms with Gasteiger partial charge in [-0.1, -0.05) is 38.5 Å². The van der Waals surface area contributed by atoms with Crippen molar-refractivity contribution in [3.05, 3.63) is 24.8 Å². The summed E-state index contributed by atoms with van der Waals surface area (Å²) < 4.78 is 0. The molecule has 0 spiro atoms. The number of rotatable bonds is 3. The lowest BCUT2D eigenvalue weighted by Gasteiger charge is -1.72. The van der Waals surface area contributed by atoms with E-state index in [9.17, 15) is 0 Å². The Morgan fingerprint density at radius 3 is 1.90 bits per heavy atom. The fourth-order valence-corrected chi connectivity index (χ4v) is 0.440. The fraction of sp³-hybridized carbons (Fsp3) is 0.600. The molecule has 0 radical (unpaired) electrons. The SMILES string of the molecule is C/C=C/CC.C=CCCC. The third-order valence-corrected chi connectivity index (χ3v) is 0.964. The van der Waals surface area contributed by atoms with Crippen LogP contribution in [-0.2, 0) is 0 Å². The van der Waals surface area contributed by atoms with E-state index in [-0.39, 0.29) is 0 Å². The highest BCUT2D eigenvalue weighted by molar-refractivity contribution is 4.73. The number of allylic oxidation sites excluding steroid dienone is 3. The van der Waals surface area contributed by atoms with Crippen LogP contribution >= 0.6 is 0 Å². The molecular formula is C10H20. The van der Waals surface area contributed by atoms with Gasteiger partial charge < -0.3 is 0 Å². The van der Waals surface area contributed by atoms with Crippen LogP contribution in [0.5, 0.6) is 0 Å². The van der Waals surface area contributed by atoms with Crippen LogP contribution in [0.4, 0.5) is 0 Å². The predicted molar refractivity (Wildman–Crippen MR) is 50.2 cm³/mol. The first-order chi connectivity index (χ1) is 4.83. The average molecular weight is 140 g/mol. The Hall–Kier alpha value is -0.520. The van der Waals surface area contributed by atoms with Crippen molar-refractivity contribution in [1.82, 2.24) is 0 Å². The molecule has 0 rings (SSSR count). The van der Waals surface area contributed by atoms with Crippen LogP contribution in [0.3, 0.4) is 0 Å². The molecule has 0 nitrogen and oxygen atoms in total. The first-order valence-electron chi connectivity index (χ1n) is 4.05. The maximum atomic E-state index is 3.55. The van der Waals surface area contributed by atoms with Crippen molar-refractivity contribution >= 4 is 0 Å². The van der Waals surface area contributed by atoms with Gasteiger partial charge in [-0.15, -0.1) is 6.58 Å². The van der Waals surface area contributed by atoms with Gasteiger partial charge in [0.25, 0.3) is 0 Å². The van der Waals surface area contributed by atoms with Gasteiger partial charge in [-0.05, 0) is 19.8 Å². The van der Waals surface area contributed by atoms with Gasteiger partial charge in [-0.2, -0.15) is 0 Å². The summed E-state index contributed by atoms with van der Waals surface area (Å²) in [5.74, 6) is 0. The molecule has 0 amide bonds. The van der Waals surface area contributed by atoms with Crippen LogP contribution in [0.2, 0.25) is 0 Å². The van der Waals surface area contributed by atoms with Crippen molar-refractivity contribution in [2.45, 2.75) is 40.0 Å². The van der Waals surface area contributed by atoms with Gasteiger partial charge >= 0.3 is 0 Å². The van der Waals surface area contributed by atoms with Crippen molar-refractivity contribution in [3.8, 4) is 0 Å². The Balaban J connectivity index is 0. The lowest BCUT2D eigenvalue weighted by molar-refractivity contribution is 0.961. The van der Waals surface area contributed by atoms with Crippen LogP contribution in [-0.4, -0.2) is 0 Å². The zero-order valence-electron chi connectivity index (χ0n) is 7.56. The fourth-order valence-electron chi connectivity index (χ4n) is 0.440. The molecule has 0 bridgehead atoms. The number of unbranched alkanes of at least 4 members (excludes halogenated alkanes) is 1. The first-order valence-corrected chi connectivity index (χ1v) is 4.05. The van der Waals surface area contributed by atoms with E-state index in [1.165, 1.54) is 6.42 Å². The molecule has 0 heterocycles. The highest BCUT2D eigenvalue weighted by Crippen LogP contribution is 1.82. The Bertz CT molecular complexity index is 70.1. The van der Waals surface area contributed by atoms with Crippen molar-refractivity contribution in [2.24, 2.45) is 0 Å². The van der Waals surface area contributed by atoms with E-state index in [1.54, 1.807) is 0 Å². The molecule has 0 saturated heterocycles.